The fraction of sp³-hybridized carbons (Fsp3) is 0.818. The van der Waals surface area contributed by atoms with Gasteiger partial charge in [0.2, 0.25) is 5.91 Å². The Kier molecular flexibility index (Phi) is 8.57. The van der Waals surface area contributed by atoms with Gasteiger partial charge in [-0.3, -0.25) is 4.79 Å². The number of carbonyl (C=O) groups is 2. The van der Waals surface area contributed by atoms with Crippen LogP contribution in [0, 0.1) is 0 Å². The molecule has 0 spiro atoms. The van der Waals surface area contributed by atoms with Gasteiger partial charge < -0.3 is 21.5 Å². The van der Waals surface area contributed by atoms with Crippen molar-refractivity contribution in [3.63, 3.8) is 0 Å². The lowest BCUT2D eigenvalue weighted by molar-refractivity contribution is -0.123. The lowest BCUT2D eigenvalue weighted by Crippen LogP contribution is -2.51. The van der Waals surface area contributed by atoms with Crippen molar-refractivity contribution in [1.29, 1.82) is 0 Å². The number of primary amides is 1. The van der Waals surface area contributed by atoms with Crippen LogP contribution in [0.2, 0.25) is 0 Å². The summed E-state index contributed by atoms with van der Waals surface area (Å²) in [6, 6.07) is -1.48. The van der Waals surface area contributed by atoms with E-state index in [-0.39, 0.29) is 11.9 Å². The van der Waals surface area contributed by atoms with E-state index in [0.29, 0.717) is 12.8 Å². The summed E-state index contributed by atoms with van der Waals surface area (Å²) < 4.78 is 0. The minimum absolute atomic E-state index is 0.149. The van der Waals surface area contributed by atoms with Crippen molar-refractivity contribution in [2.75, 3.05) is 12.0 Å². The number of hydrogen-bond acceptors (Lipinski definition) is 4. The highest BCUT2D eigenvalue weighted by Crippen LogP contribution is 2.03. The summed E-state index contributed by atoms with van der Waals surface area (Å²) in [6.45, 7) is 3.47. The summed E-state index contributed by atoms with van der Waals surface area (Å²) >= 11 is 1.59. The molecule has 0 saturated carbocycles. The number of hydrogen-bond donors (Lipinski definition) is 4. The SMILES string of the molecule is CSCCC(NC(N)=O)C(=O)NC(C)CC(C)O. The highest BCUT2D eigenvalue weighted by atomic mass is 32.2. The largest absolute Gasteiger partial charge is 0.393 e. The number of nitrogens with two attached hydrogens (primary N) is 1. The number of amides is 3. The van der Waals surface area contributed by atoms with Gasteiger partial charge in [0.15, 0.2) is 0 Å². The minimum Gasteiger partial charge on any atom is -0.393 e. The van der Waals surface area contributed by atoms with Gasteiger partial charge in [-0.1, -0.05) is 0 Å². The molecule has 5 N–H and O–H groups in total. The van der Waals surface area contributed by atoms with Crippen molar-refractivity contribution >= 4 is 23.7 Å². The van der Waals surface area contributed by atoms with Crippen LogP contribution in [0.3, 0.4) is 0 Å². The quantitative estimate of drug-likeness (QED) is 0.503. The molecule has 0 aromatic carbocycles. The molecule has 6 nitrogen and oxygen atoms in total. The zero-order chi connectivity index (χ0) is 14.1. The van der Waals surface area contributed by atoms with Crippen molar-refractivity contribution in [1.82, 2.24) is 10.6 Å². The van der Waals surface area contributed by atoms with Gasteiger partial charge in [-0.25, -0.2) is 4.79 Å². The smallest absolute Gasteiger partial charge is 0.312 e. The Labute approximate surface area is 112 Å². The van der Waals surface area contributed by atoms with E-state index < -0.39 is 18.2 Å². The molecule has 0 bridgehead atoms. The Morgan fingerprint density at radius 1 is 1.33 bits per heavy atom. The molecule has 0 aliphatic rings. The summed E-state index contributed by atoms with van der Waals surface area (Å²) in [5, 5.41) is 14.4. The second-order valence-corrected chi connectivity index (χ2v) is 5.32. The number of aliphatic hydroxyl groups excluding tert-OH is 1. The van der Waals surface area contributed by atoms with Crippen LogP contribution in [0.4, 0.5) is 4.79 Å². The fourth-order valence-corrected chi connectivity index (χ4v) is 2.06. The maximum Gasteiger partial charge on any atom is 0.312 e. The third-order valence-corrected chi connectivity index (χ3v) is 2.97. The molecule has 18 heavy (non-hydrogen) atoms. The van der Waals surface area contributed by atoms with Crippen molar-refractivity contribution in [3.05, 3.63) is 0 Å². The van der Waals surface area contributed by atoms with Gasteiger partial charge in [-0.2, -0.15) is 11.8 Å². The monoisotopic (exact) mass is 277 g/mol. The van der Waals surface area contributed by atoms with Crippen LogP contribution in [0.25, 0.3) is 0 Å². The van der Waals surface area contributed by atoms with E-state index in [1.165, 1.54) is 0 Å². The van der Waals surface area contributed by atoms with Crippen LogP contribution >= 0.6 is 11.8 Å². The molecule has 0 fully saturated rings. The van der Waals surface area contributed by atoms with Crippen LogP contribution in [0.1, 0.15) is 26.7 Å². The Balaban J connectivity index is 4.30. The zero-order valence-corrected chi connectivity index (χ0v) is 11.9. The van der Waals surface area contributed by atoms with Crippen LogP contribution in [0.15, 0.2) is 0 Å². The summed E-state index contributed by atoms with van der Waals surface area (Å²) in [4.78, 5) is 22.7. The van der Waals surface area contributed by atoms with Crippen LogP contribution in [-0.2, 0) is 4.79 Å². The van der Waals surface area contributed by atoms with E-state index >= 15 is 0 Å². The van der Waals surface area contributed by atoms with E-state index in [2.05, 4.69) is 10.6 Å². The molecular weight excluding hydrogens is 254 g/mol. The predicted octanol–water partition coefficient (Wildman–Crippen LogP) is 0.0520. The Bertz CT molecular complexity index is 274. The lowest BCUT2D eigenvalue weighted by atomic mass is 10.1. The van der Waals surface area contributed by atoms with E-state index in [1.54, 1.807) is 25.6 Å². The summed E-state index contributed by atoms with van der Waals surface area (Å²) in [5.74, 6) is 0.486. The normalized spacial score (nSPS) is 15.6. The Morgan fingerprint density at radius 3 is 2.39 bits per heavy atom. The maximum absolute atomic E-state index is 11.9. The second-order valence-electron chi connectivity index (χ2n) is 4.34. The third-order valence-electron chi connectivity index (χ3n) is 2.33. The third kappa shape index (κ3) is 8.19. The average molecular weight is 277 g/mol. The summed E-state index contributed by atoms with van der Waals surface area (Å²) in [6.07, 6.45) is 2.44. The molecular formula is C11H23N3O3S. The molecule has 0 aromatic rings. The van der Waals surface area contributed by atoms with Crippen LogP contribution in [-0.4, -0.2) is 47.2 Å². The zero-order valence-electron chi connectivity index (χ0n) is 11.1. The number of carbonyl (C=O) groups excluding carboxylic acids is 2. The summed E-state index contributed by atoms with van der Waals surface area (Å²) in [5.41, 5.74) is 5.04. The predicted molar refractivity (Wildman–Crippen MR) is 73.4 cm³/mol. The first-order valence-corrected chi connectivity index (χ1v) is 7.29. The van der Waals surface area contributed by atoms with Crippen molar-refractivity contribution in [3.8, 4) is 0 Å². The lowest BCUT2D eigenvalue weighted by Gasteiger charge is -2.21. The molecule has 0 rings (SSSR count). The van der Waals surface area contributed by atoms with Gasteiger partial charge >= 0.3 is 6.03 Å². The first-order chi connectivity index (χ1) is 8.36. The molecule has 0 aromatic heterocycles. The highest BCUT2D eigenvalue weighted by Gasteiger charge is 2.21. The molecule has 0 radical (unpaired) electrons. The highest BCUT2D eigenvalue weighted by molar-refractivity contribution is 7.98. The van der Waals surface area contributed by atoms with E-state index in [0.717, 1.165) is 5.75 Å². The standard InChI is InChI=1S/C11H23N3O3S/c1-7(6-8(2)15)13-10(16)9(4-5-18-3)14-11(12)17/h7-9,15H,4-6H2,1-3H3,(H,13,16)(H3,12,14,17). The van der Waals surface area contributed by atoms with Gasteiger partial charge in [0.05, 0.1) is 6.10 Å². The first kappa shape index (κ1) is 17.1. The maximum atomic E-state index is 11.9. The van der Waals surface area contributed by atoms with Gasteiger partial charge in [0.1, 0.15) is 6.04 Å². The number of thioether (sulfide) groups is 1. The molecule has 3 atom stereocenters. The van der Waals surface area contributed by atoms with Gasteiger partial charge in [0.25, 0.3) is 0 Å². The van der Waals surface area contributed by atoms with Crippen molar-refractivity contribution < 1.29 is 14.7 Å². The van der Waals surface area contributed by atoms with E-state index in [4.69, 9.17) is 5.73 Å². The number of nitrogens with one attached hydrogen (secondary N) is 2. The van der Waals surface area contributed by atoms with Crippen LogP contribution in [0.5, 0.6) is 0 Å². The van der Waals surface area contributed by atoms with Gasteiger partial charge in [-0.15, -0.1) is 0 Å². The molecule has 0 heterocycles. The Morgan fingerprint density at radius 2 is 1.94 bits per heavy atom. The molecule has 0 saturated heterocycles. The Hall–Kier alpha value is -0.950. The minimum atomic E-state index is -0.709. The van der Waals surface area contributed by atoms with Gasteiger partial charge in [-0.05, 0) is 38.7 Å². The van der Waals surface area contributed by atoms with Crippen molar-refractivity contribution in [2.45, 2.75) is 44.9 Å². The molecule has 0 aliphatic carbocycles. The first-order valence-electron chi connectivity index (χ1n) is 5.90. The van der Waals surface area contributed by atoms with E-state index in [1.807, 2.05) is 6.26 Å². The number of rotatable bonds is 8. The second kappa shape index (κ2) is 9.04. The van der Waals surface area contributed by atoms with Gasteiger partial charge in [0, 0.05) is 6.04 Å². The van der Waals surface area contributed by atoms with E-state index in [9.17, 15) is 14.7 Å². The number of aliphatic hydroxyl groups is 1. The topological polar surface area (TPSA) is 104 Å². The molecule has 7 heteroatoms. The molecule has 3 amide bonds. The van der Waals surface area contributed by atoms with Crippen molar-refractivity contribution in [2.24, 2.45) is 5.73 Å². The molecule has 3 unspecified atom stereocenters. The fourth-order valence-electron chi connectivity index (χ4n) is 1.59. The molecule has 0 aliphatic heterocycles. The summed E-state index contributed by atoms with van der Waals surface area (Å²) in [7, 11) is 0. The number of urea groups is 1. The van der Waals surface area contributed by atoms with Crippen LogP contribution < -0.4 is 16.4 Å². The average Bonchev–Trinajstić information content (AvgIpc) is 2.22. The molecule has 106 valence electrons.